The summed E-state index contributed by atoms with van der Waals surface area (Å²) in [5, 5.41) is 5.91. The number of aromatic nitrogens is 2. The number of para-hydroxylation sites is 1. The van der Waals surface area contributed by atoms with E-state index >= 15 is 0 Å². The number of benzene rings is 8. The third kappa shape index (κ3) is 5.12. The van der Waals surface area contributed by atoms with Gasteiger partial charge in [0.05, 0.1) is 11.4 Å². The van der Waals surface area contributed by atoms with Gasteiger partial charge in [0, 0.05) is 33.1 Å². The summed E-state index contributed by atoms with van der Waals surface area (Å²) in [4.78, 5) is 10.6. The summed E-state index contributed by atoms with van der Waals surface area (Å²) < 4.78 is 6.27. The Morgan fingerprint density at radius 2 is 1.04 bits per heavy atom. The van der Waals surface area contributed by atoms with Crippen LogP contribution >= 0.6 is 0 Å². The minimum atomic E-state index is -0.156. The van der Waals surface area contributed by atoms with Gasteiger partial charge in [0.25, 0.3) is 0 Å². The quantitative estimate of drug-likeness (QED) is 0.178. The molecule has 0 radical (unpaired) electrons. The van der Waals surface area contributed by atoms with E-state index in [4.69, 9.17) is 14.4 Å². The van der Waals surface area contributed by atoms with E-state index in [0.717, 1.165) is 72.3 Å². The Morgan fingerprint density at radius 3 is 1.84 bits per heavy atom. The summed E-state index contributed by atoms with van der Waals surface area (Å²) in [6.07, 6.45) is 0. The second-order valence-corrected chi connectivity index (χ2v) is 15.4. The highest BCUT2D eigenvalue weighted by atomic mass is 16.3. The lowest BCUT2D eigenvalue weighted by Gasteiger charge is -2.22. The highest BCUT2D eigenvalue weighted by Gasteiger charge is 2.37. The molecule has 1 aliphatic carbocycles. The van der Waals surface area contributed by atoms with E-state index in [0.29, 0.717) is 5.82 Å². The number of hydrogen-bond donors (Lipinski definition) is 0. The molecular weight excluding hydrogens is 681 g/mol. The van der Waals surface area contributed by atoms with Crippen LogP contribution in [0, 0.1) is 0 Å². The summed E-state index contributed by atoms with van der Waals surface area (Å²) >= 11 is 0. The van der Waals surface area contributed by atoms with Crippen LogP contribution in [0.1, 0.15) is 25.0 Å². The molecule has 0 saturated heterocycles. The van der Waals surface area contributed by atoms with Crippen molar-refractivity contribution in [2.24, 2.45) is 0 Å². The maximum Gasteiger partial charge on any atom is 0.160 e. The van der Waals surface area contributed by atoms with Gasteiger partial charge in [-0.15, -0.1) is 0 Å². The molecule has 0 fully saturated rings. The summed E-state index contributed by atoms with van der Waals surface area (Å²) in [5.41, 5.74) is 14.3. The van der Waals surface area contributed by atoms with E-state index in [9.17, 15) is 0 Å². The second-order valence-electron chi connectivity index (χ2n) is 15.4. The number of hydrogen-bond acceptors (Lipinski definition) is 3. The fourth-order valence-corrected chi connectivity index (χ4v) is 8.86. The van der Waals surface area contributed by atoms with Crippen LogP contribution in [0.3, 0.4) is 0 Å². The molecule has 0 amide bonds. The van der Waals surface area contributed by atoms with Gasteiger partial charge in [-0.05, 0) is 91.3 Å². The minimum absolute atomic E-state index is 0.156. The molecule has 2 aromatic heterocycles. The van der Waals surface area contributed by atoms with Crippen LogP contribution < -0.4 is 0 Å². The molecule has 0 saturated carbocycles. The van der Waals surface area contributed by atoms with E-state index in [1.54, 1.807) is 0 Å². The molecule has 1 aliphatic rings. The van der Waals surface area contributed by atoms with Crippen LogP contribution in [-0.2, 0) is 5.41 Å². The number of fused-ring (bicyclic) bond motifs is 6. The topological polar surface area (TPSA) is 38.9 Å². The monoisotopic (exact) mass is 716 g/mol. The van der Waals surface area contributed by atoms with Gasteiger partial charge in [-0.2, -0.15) is 0 Å². The van der Waals surface area contributed by atoms with Gasteiger partial charge in [-0.1, -0.05) is 159 Å². The van der Waals surface area contributed by atoms with Gasteiger partial charge < -0.3 is 4.42 Å². The van der Waals surface area contributed by atoms with Crippen molar-refractivity contribution >= 4 is 32.5 Å². The highest BCUT2D eigenvalue weighted by molar-refractivity contribution is 6.05. The van der Waals surface area contributed by atoms with Gasteiger partial charge in [0.1, 0.15) is 11.3 Å². The molecule has 8 aromatic carbocycles. The second kappa shape index (κ2) is 12.5. The Balaban J connectivity index is 1.09. The minimum Gasteiger partial charge on any atom is -0.456 e. The summed E-state index contributed by atoms with van der Waals surface area (Å²) in [6.45, 7) is 4.69. The molecule has 56 heavy (non-hydrogen) atoms. The van der Waals surface area contributed by atoms with E-state index in [2.05, 4.69) is 172 Å². The summed E-state index contributed by atoms with van der Waals surface area (Å²) in [6, 6.07) is 64.7. The van der Waals surface area contributed by atoms with Crippen molar-refractivity contribution in [1.29, 1.82) is 0 Å². The number of nitrogens with zero attached hydrogens (tertiary/aromatic N) is 2. The maximum atomic E-state index is 6.27. The molecule has 264 valence electrons. The summed E-state index contributed by atoms with van der Waals surface area (Å²) in [5.74, 6) is 1.57. The van der Waals surface area contributed by atoms with Gasteiger partial charge in [0.15, 0.2) is 5.82 Å². The fourth-order valence-electron chi connectivity index (χ4n) is 8.86. The molecule has 0 unspecified atom stereocenters. The van der Waals surface area contributed by atoms with Gasteiger partial charge >= 0.3 is 0 Å². The molecule has 0 bridgehead atoms. The zero-order valence-electron chi connectivity index (χ0n) is 31.1. The summed E-state index contributed by atoms with van der Waals surface area (Å²) in [7, 11) is 0. The fraction of sp³-hybridized carbons (Fsp3) is 0.0566. The van der Waals surface area contributed by atoms with Crippen molar-refractivity contribution in [3.63, 3.8) is 0 Å². The Kier molecular flexibility index (Phi) is 7.20. The Bertz CT molecular complexity index is 3140. The predicted octanol–water partition coefficient (Wildman–Crippen LogP) is 14.2. The molecule has 0 atom stereocenters. The van der Waals surface area contributed by atoms with Crippen molar-refractivity contribution in [1.82, 2.24) is 9.97 Å². The van der Waals surface area contributed by atoms with Crippen molar-refractivity contribution in [3.8, 4) is 67.5 Å². The Hall–Kier alpha value is -7.10. The van der Waals surface area contributed by atoms with Crippen molar-refractivity contribution < 1.29 is 4.42 Å². The van der Waals surface area contributed by atoms with E-state index in [1.807, 2.05) is 24.3 Å². The highest BCUT2D eigenvalue weighted by Crippen LogP contribution is 2.53. The predicted molar refractivity (Wildman–Crippen MR) is 232 cm³/mol. The first-order chi connectivity index (χ1) is 27.5. The first-order valence-corrected chi connectivity index (χ1v) is 19.2. The maximum absolute atomic E-state index is 6.27. The van der Waals surface area contributed by atoms with E-state index in [1.165, 1.54) is 33.0 Å². The number of furan rings is 1. The molecule has 0 N–H and O–H groups in total. The first kappa shape index (κ1) is 32.3. The SMILES string of the molecule is CC1(C)c2cc3ccccc3cc2-c2c(-c3cc(-c4ccc(-c5cccc(-c6cc7ccccc7o6)c5)c5ccccc45)nc(-c4ccccc4)n3)cccc21. The van der Waals surface area contributed by atoms with Crippen molar-refractivity contribution in [2.75, 3.05) is 0 Å². The Morgan fingerprint density at radius 1 is 0.411 bits per heavy atom. The lowest BCUT2D eigenvalue weighted by molar-refractivity contribution is 0.631. The largest absolute Gasteiger partial charge is 0.456 e. The average molecular weight is 717 g/mol. The molecule has 3 nitrogen and oxygen atoms in total. The molecule has 0 spiro atoms. The molecule has 10 aromatic rings. The zero-order valence-corrected chi connectivity index (χ0v) is 31.1. The smallest absolute Gasteiger partial charge is 0.160 e. The molecule has 11 rings (SSSR count). The van der Waals surface area contributed by atoms with Crippen molar-refractivity contribution in [3.05, 3.63) is 193 Å². The van der Waals surface area contributed by atoms with Crippen LogP contribution in [0.25, 0.3) is 100.0 Å². The molecule has 0 aliphatic heterocycles. The van der Waals surface area contributed by atoms with Crippen LogP contribution in [0.5, 0.6) is 0 Å². The van der Waals surface area contributed by atoms with Crippen molar-refractivity contribution in [2.45, 2.75) is 19.3 Å². The van der Waals surface area contributed by atoms with E-state index < -0.39 is 0 Å². The van der Waals surface area contributed by atoms with Crippen LogP contribution in [0.2, 0.25) is 0 Å². The molecular formula is C53H36N2O. The van der Waals surface area contributed by atoms with Crippen LogP contribution in [0.15, 0.2) is 186 Å². The first-order valence-electron chi connectivity index (χ1n) is 19.2. The van der Waals surface area contributed by atoms with Crippen LogP contribution in [0.4, 0.5) is 0 Å². The molecule has 3 heteroatoms. The number of rotatable bonds is 5. The van der Waals surface area contributed by atoms with Gasteiger partial charge in [-0.3, -0.25) is 0 Å². The van der Waals surface area contributed by atoms with Gasteiger partial charge in [0.2, 0.25) is 0 Å². The normalized spacial score (nSPS) is 13.0. The third-order valence-corrected chi connectivity index (χ3v) is 11.7. The standard InChI is InChI=1S/C53H36N2O/c1-53(2)45-24-13-23-43(51(45)44-29-34-16-6-7-17-35(34)30-46(44)53)48-32-47(54-52(55-48)33-14-4-3-5-15-33)42-27-26-39(40-21-9-10-22-41(40)42)36-19-12-20-37(28-36)50-31-38-18-8-11-25-49(38)56-50/h3-32H,1-2H3. The molecule has 2 heterocycles. The third-order valence-electron chi connectivity index (χ3n) is 11.7. The Labute approximate surface area is 325 Å². The lowest BCUT2D eigenvalue weighted by atomic mass is 9.81. The van der Waals surface area contributed by atoms with E-state index in [-0.39, 0.29) is 5.41 Å². The lowest BCUT2D eigenvalue weighted by Crippen LogP contribution is -2.14. The average Bonchev–Trinajstić information content (AvgIpc) is 3.79. The van der Waals surface area contributed by atoms with Gasteiger partial charge in [-0.25, -0.2) is 9.97 Å². The zero-order chi connectivity index (χ0) is 37.4. The van der Waals surface area contributed by atoms with Crippen LogP contribution in [-0.4, -0.2) is 9.97 Å².